The summed E-state index contributed by atoms with van der Waals surface area (Å²) in [5.74, 6) is -3.77. The van der Waals surface area contributed by atoms with E-state index < -0.39 is 53.1 Å². The van der Waals surface area contributed by atoms with Crippen molar-refractivity contribution in [2.24, 2.45) is 17.8 Å². The molecule has 5 aliphatic rings. The van der Waals surface area contributed by atoms with Crippen LogP contribution in [0.3, 0.4) is 0 Å². The van der Waals surface area contributed by atoms with Gasteiger partial charge in [0.1, 0.15) is 53.0 Å². The zero-order valence-electron chi connectivity index (χ0n) is 39.6. The summed E-state index contributed by atoms with van der Waals surface area (Å²) in [4.78, 5) is 75.4. The summed E-state index contributed by atoms with van der Waals surface area (Å²) >= 11 is 0. The van der Waals surface area contributed by atoms with Gasteiger partial charge in [0.15, 0.2) is 11.3 Å². The Morgan fingerprint density at radius 3 is 2.38 bits per heavy atom. The van der Waals surface area contributed by atoms with Gasteiger partial charge in [0.25, 0.3) is 11.7 Å². The molecule has 0 radical (unpaired) electrons. The molecule has 1 aliphatic carbocycles. The number of Topliss-reactive ketones (excluding diaryl/α,β-unsaturated/α-hetero) is 1. The van der Waals surface area contributed by atoms with Gasteiger partial charge in [-0.3, -0.25) is 24.0 Å². The lowest BCUT2D eigenvalue weighted by molar-refractivity contribution is -0.159. The first-order valence-electron chi connectivity index (χ1n) is 21.7. The Kier molecular flexibility index (Phi) is 16.4. The number of allylic oxidation sites excluding steroid dienone is 3. The first-order valence-corrected chi connectivity index (χ1v) is 21.7. The molecule has 7 rings (SSSR count). The molecule has 4 heterocycles. The predicted molar refractivity (Wildman–Crippen MR) is 247 cm³/mol. The van der Waals surface area contributed by atoms with E-state index in [0.717, 1.165) is 14.2 Å². The lowest BCUT2D eigenvalue weighted by atomic mass is 9.85. The molecule has 3 unspecified atom stereocenters. The van der Waals surface area contributed by atoms with Crippen molar-refractivity contribution in [3.8, 4) is 28.7 Å². The van der Waals surface area contributed by atoms with Crippen LogP contribution in [-0.4, -0.2) is 109 Å². The van der Waals surface area contributed by atoms with Crippen LogP contribution < -0.4 is 25.0 Å². The van der Waals surface area contributed by atoms with Crippen molar-refractivity contribution in [1.29, 1.82) is 0 Å². The number of carbonyl (C=O) groups excluding carboxylic acids is 4. The minimum atomic E-state index is -1.91. The number of carbonyl (C=O) groups is 4. The maximum Gasteiger partial charge on any atom is 0.312 e. The molecule has 0 spiro atoms. The number of nitrogens with zero attached hydrogens (tertiary/aromatic N) is 2. The van der Waals surface area contributed by atoms with Crippen molar-refractivity contribution in [1.82, 2.24) is 9.88 Å². The molecular weight excluding hydrogens is 855 g/mol. The van der Waals surface area contributed by atoms with Crippen molar-refractivity contribution in [2.45, 2.75) is 92.3 Å². The number of amides is 2. The van der Waals surface area contributed by atoms with Crippen molar-refractivity contribution in [2.75, 3.05) is 46.8 Å². The number of likely N-dealkylation sites (N-methyl/N-ethyl adjacent to an activating group) is 1. The van der Waals surface area contributed by atoms with Crippen LogP contribution in [0.2, 0.25) is 0 Å². The van der Waals surface area contributed by atoms with Crippen LogP contribution >= 0.6 is 0 Å². The standard InChI is InChI=1S/C47H53N3O12.2CH4O/c1-23-12-11-13-25(3)46(55)49-39-40(53)36-35(38-44(39)60-33-22-30(14-15-31(33)48-38)57-19-17-50(9)28(6)51)37-43-27(5)42(36)61-34(21-24(2)20-23)41(59-29(7)52)26(4)32(56-10)16-18-58-47(8,62-43)45(37)54;2*1-2/h11-16,18,22-24,26,32,34,41H,17,19-21H2,1-10H3,(H,49,55);2*2H,1H3/b12-11+,18-16+,25-13-;;/t23?,24-,26-,32+,34?,41?,47+;;/m1../s1. The van der Waals surface area contributed by atoms with Gasteiger partial charge in [0, 0.05) is 77.7 Å². The van der Waals surface area contributed by atoms with Gasteiger partial charge in [-0.05, 0) is 56.7 Å². The van der Waals surface area contributed by atoms with E-state index in [2.05, 4.69) is 19.2 Å². The topological polar surface area (TPSA) is 222 Å². The molecular formula is C49H61N3O14. The second-order valence-electron chi connectivity index (χ2n) is 16.8. The van der Waals surface area contributed by atoms with Crippen LogP contribution in [0.25, 0.3) is 33.3 Å². The highest BCUT2D eigenvalue weighted by Gasteiger charge is 2.51. The molecule has 7 atom stereocenters. The number of benzene rings is 3. The minimum Gasteiger partial charge on any atom is -0.492 e. The highest BCUT2D eigenvalue weighted by molar-refractivity contribution is 6.22. The van der Waals surface area contributed by atoms with Crippen LogP contribution in [0, 0.1) is 24.7 Å². The van der Waals surface area contributed by atoms with Crippen molar-refractivity contribution in [3.05, 3.63) is 75.7 Å². The Labute approximate surface area is 383 Å². The molecule has 0 fully saturated rings. The van der Waals surface area contributed by atoms with Gasteiger partial charge in [-0.1, -0.05) is 39.0 Å². The fraction of sp³-hybridized carbons (Fsp3) is 0.469. The quantitative estimate of drug-likeness (QED) is 0.107. The molecule has 2 aromatic carbocycles. The number of hydrogen-bond donors (Lipinski definition) is 3. The second kappa shape index (κ2) is 21.3. The van der Waals surface area contributed by atoms with Crippen LogP contribution in [0.4, 0.5) is 5.69 Å². The third kappa shape index (κ3) is 10.2. The maximum atomic E-state index is 15.4. The second-order valence-corrected chi connectivity index (χ2v) is 16.8. The lowest BCUT2D eigenvalue weighted by Gasteiger charge is -2.36. The summed E-state index contributed by atoms with van der Waals surface area (Å²) in [5.41, 5.74) is 0.276. The Balaban J connectivity index is 0.00000199. The number of ether oxygens (including phenoxy) is 6. The summed E-state index contributed by atoms with van der Waals surface area (Å²) in [5, 5.41) is 16.8. The summed E-state index contributed by atoms with van der Waals surface area (Å²) in [6, 6.07) is 4.95. The number of hydrogen-bond acceptors (Lipinski definition) is 15. The molecule has 66 heavy (non-hydrogen) atoms. The molecule has 2 amide bonds. The number of anilines is 1. The SMILES string of the molecule is CO.CO.CO[C@H]1/C=C/O[C@@]2(C)Oc3c(C)c4c5c(=O)c(c6oc7cc(OCCN(C)C(C)=O)ccc7nc-6c5c3C2=O)NC(=O)/C(C)=C\C=C\C(C)C[C@@H](C)CC(O4)C(OC(C)=O)[C@@H]1C. The van der Waals surface area contributed by atoms with Gasteiger partial charge in [0.2, 0.25) is 11.3 Å². The Bertz CT molecular complexity index is 2600. The number of nitrogens with one attached hydrogen (secondary N) is 1. The zero-order chi connectivity index (χ0) is 48.8. The first-order chi connectivity index (χ1) is 31.4. The number of methoxy groups -OCH3 is 1. The average molecular weight is 916 g/mol. The smallest absolute Gasteiger partial charge is 0.312 e. The number of aromatic nitrogens is 1. The number of aliphatic hydroxyl groups is 2. The molecule has 17 heteroatoms. The van der Waals surface area contributed by atoms with Gasteiger partial charge in [-0.2, -0.15) is 0 Å². The third-order valence-corrected chi connectivity index (χ3v) is 11.9. The monoisotopic (exact) mass is 915 g/mol. The number of aliphatic hydroxyl groups excluding tert-OH is 2. The molecule has 356 valence electrons. The van der Waals surface area contributed by atoms with Gasteiger partial charge in [0.05, 0.1) is 29.9 Å². The highest BCUT2D eigenvalue weighted by Crippen LogP contribution is 2.51. The van der Waals surface area contributed by atoms with Gasteiger partial charge in [-0.15, -0.1) is 0 Å². The van der Waals surface area contributed by atoms with E-state index in [0.29, 0.717) is 41.8 Å². The van der Waals surface area contributed by atoms with E-state index in [1.165, 1.54) is 39.0 Å². The maximum absolute atomic E-state index is 15.4. The minimum absolute atomic E-state index is 0.0111. The van der Waals surface area contributed by atoms with Crippen LogP contribution in [0.1, 0.15) is 77.2 Å². The Morgan fingerprint density at radius 1 is 1.00 bits per heavy atom. The van der Waals surface area contributed by atoms with Gasteiger partial charge in [-0.25, -0.2) is 4.98 Å². The summed E-state index contributed by atoms with van der Waals surface area (Å²) in [6.07, 6.45) is 7.07. The normalized spacial score (nSPS) is 25.6. The molecule has 17 nitrogen and oxygen atoms in total. The summed E-state index contributed by atoms with van der Waals surface area (Å²) in [6.45, 7) is 14.1. The average Bonchev–Trinajstić information content (AvgIpc) is 3.55. The molecule has 0 aromatic heterocycles. The van der Waals surface area contributed by atoms with Gasteiger partial charge >= 0.3 is 11.8 Å². The molecule has 4 aliphatic heterocycles. The van der Waals surface area contributed by atoms with Crippen molar-refractivity contribution < 1.29 is 62.2 Å². The van der Waals surface area contributed by atoms with E-state index in [4.69, 9.17) is 48.0 Å². The van der Waals surface area contributed by atoms with E-state index in [1.54, 1.807) is 51.2 Å². The molecule has 0 saturated heterocycles. The van der Waals surface area contributed by atoms with E-state index in [-0.39, 0.29) is 74.9 Å². The highest BCUT2D eigenvalue weighted by atomic mass is 16.7. The number of ketones is 1. The summed E-state index contributed by atoms with van der Waals surface area (Å²) in [7, 11) is 5.18. The third-order valence-electron chi connectivity index (χ3n) is 11.9. The number of fused-ring (bicyclic) bond motifs is 8. The largest absolute Gasteiger partial charge is 0.492 e. The number of rotatable bonds is 6. The fourth-order valence-corrected chi connectivity index (χ4v) is 8.45. The van der Waals surface area contributed by atoms with Crippen molar-refractivity contribution in [3.63, 3.8) is 0 Å². The lowest BCUT2D eigenvalue weighted by Crippen LogP contribution is -2.45. The fourth-order valence-electron chi connectivity index (χ4n) is 8.45. The summed E-state index contributed by atoms with van der Waals surface area (Å²) < 4.78 is 44.2. The predicted octanol–water partition coefficient (Wildman–Crippen LogP) is 6.50. The van der Waals surface area contributed by atoms with Gasteiger partial charge < -0.3 is 53.3 Å². The van der Waals surface area contributed by atoms with E-state index >= 15 is 4.79 Å². The Hall–Kier alpha value is -6.30. The Morgan fingerprint density at radius 2 is 1.71 bits per heavy atom. The van der Waals surface area contributed by atoms with E-state index in [1.807, 2.05) is 19.1 Å². The van der Waals surface area contributed by atoms with Crippen LogP contribution in [0.5, 0.6) is 17.2 Å². The van der Waals surface area contributed by atoms with E-state index in [9.17, 15) is 19.2 Å². The van der Waals surface area contributed by atoms with Crippen molar-refractivity contribution >= 4 is 51.1 Å². The zero-order valence-corrected chi connectivity index (χ0v) is 39.6. The first kappa shape index (κ1) is 50.7. The van der Waals surface area contributed by atoms with Crippen LogP contribution in [0.15, 0.2) is 63.6 Å². The van der Waals surface area contributed by atoms with Crippen LogP contribution in [-0.2, 0) is 28.6 Å². The molecule has 2 aromatic rings. The molecule has 6 bridgehead atoms. The molecule has 3 N–H and O–H groups in total. The number of esters is 1. The molecule has 0 saturated carbocycles.